The average Bonchev–Trinajstić information content (AvgIpc) is 3.25. The number of carbonyl (C=O) groups is 4. The Bertz CT molecular complexity index is 1070. The van der Waals surface area contributed by atoms with E-state index in [4.69, 9.17) is 20.0 Å². The predicted molar refractivity (Wildman–Crippen MR) is 131 cm³/mol. The molecule has 1 aromatic heterocycles. The van der Waals surface area contributed by atoms with Crippen LogP contribution in [0.1, 0.15) is 33.4 Å². The van der Waals surface area contributed by atoms with Crippen molar-refractivity contribution >= 4 is 57.9 Å². The Kier molecular flexibility index (Phi) is 9.14. The SMILES string of the molecule is CCOC(=O)OC(C)OC(=O)C1=CN2C(=O)C(NC(=O)C(=NOCC(C)C)c3csc(N)n3)[C@H]2SC1. The molecule has 2 aliphatic rings. The van der Waals surface area contributed by atoms with Gasteiger partial charge in [0.25, 0.3) is 11.8 Å². The summed E-state index contributed by atoms with van der Waals surface area (Å²) < 4.78 is 14.5. The van der Waals surface area contributed by atoms with Crippen LogP contribution in [-0.2, 0) is 33.4 Å². The van der Waals surface area contributed by atoms with E-state index in [1.54, 1.807) is 12.3 Å². The maximum atomic E-state index is 13.0. The first-order chi connectivity index (χ1) is 17.1. The zero-order chi connectivity index (χ0) is 26.4. The van der Waals surface area contributed by atoms with E-state index < -0.39 is 41.6 Å². The number of rotatable bonds is 10. The van der Waals surface area contributed by atoms with Gasteiger partial charge in [0.15, 0.2) is 10.8 Å². The zero-order valence-corrected chi connectivity index (χ0v) is 21.7. The van der Waals surface area contributed by atoms with Crippen molar-refractivity contribution in [1.29, 1.82) is 0 Å². The highest BCUT2D eigenvalue weighted by Gasteiger charge is 2.50. The lowest BCUT2D eigenvalue weighted by Crippen LogP contribution is -2.69. The molecule has 3 heterocycles. The molecule has 0 spiro atoms. The van der Waals surface area contributed by atoms with Crippen LogP contribution in [0, 0.1) is 5.92 Å². The molecule has 2 aliphatic heterocycles. The summed E-state index contributed by atoms with van der Waals surface area (Å²) in [6.45, 7) is 7.26. The van der Waals surface area contributed by atoms with Gasteiger partial charge in [-0.3, -0.25) is 9.59 Å². The summed E-state index contributed by atoms with van der Waals surface area (Å²) in [7, 11) is 0. The molecule has 1 saturated heterocycles. The summed E-state index contributed by atoms with van der Waals surface area (Å²) in [6.07, 6.45) is -0.762. The molecule has 13 nitrogen and oxygen atoms in total. The number of esters is 1. The third kappa shape index (κ3) is 6.66. The van der Waals surface area contributed by atoms with Crippen LogP contribution in [0.5, 0.6) is 0 Å². The van der Waals surface area contributed by atoms with Crippen LogP contribution >= 0.6 is 23.1 Å². The van der Waals surface area contributed by atoms with Crippen LogP contribution in [0.4, 0.5) is 9.93 Å². The molecule has 0 aliphatic carbocycles. The van der Waals surface area contributed by atoms with Gasteiger partial charge in [0.05, 0.1) is 12.2 Å². The van der Waals surface area contributed by atoms with Gasteiger partial charge in [0.2, 0.25) is 6.29 Å². The van der Waals surface area contributed by atoms with E-state index in [2.05, 4.69) is 20.2 Å². The second kappa shape index (κ2) is 12.1. The number of nitrogens with zero attached hydrogens (tertiary/aromatic N) is 3. The smallest absolute Gasteiger partial charge is 0.435 e. The van der Waals surface area contributed by atoms with Crippen LogP contribution in [0.25, 0.3) is 0 Å². The molecule has 15 heteroatoms. The molecule has 196 valence electrons. The minimum absolute atomic E-state index is 0.0916. The van der Waals surface area contributed by atoms with Crippen LogP contribution in [0.2, 0.25) is 0 Å². The fraction of sp³-hybridized carbons (Fsp3) is 0.524. The van der Waals surface area contributed by atoms with Gasteiger partial charge in [-0.05, 0) is 12.8 Å². The Labute approximate surface area is 215 Å². The quantitative estimate of drug-likeness (QED) is 0.144. The standard InChI is InChI=1S/C21H27N5O8S2/c1-5-31-21(30)34-11(4)33-19(29)12-6-26-17(28)15(18(26)35-8-12)24-16(27)14(25-32-7-10(2)3)13-9-36-20(22)23-13/h6,9-11,15,18H,5,7-8H2,1-4H3,(H2,22,23)(H,24,27)/t11?,15?,18-/m1/s1. The highest BCUT2D eigenvalue weighted by molar-refractivity contribution is 8.00. The largest absolute Gasteiger partial charge is 0.511 e. The summed E-state index contributed by atoms with van der Waals surface area (Å²) in [6, 6.07) is -0.839. The van der Waals surface area contributed by atoms with E-state index in [0.717, 1.165) is 11.3 Å². The van der Waals surface area contributed by atoms with Crippen molar-refractivity contribution in [3.8, 4) is 0 Å². The van der Waals surface area contributed by atoms with E-state index in [-0.39, 0.29) is 47.0 Å². The first kappa shape index (κ1) is 27.3. The van der Waals surface area contributed by atoms with Crippen molar-refractivity contribution in [1.82, 2.24) is 15.2 Å². The molecule has 0 saturated carbocycles. The monoisotopic (exact) mass is 541 g/mol. The number of hydrogen-bond donors (Lipinski definition) is 2. The summed E-state index contributed by atoms with van der Waals surface area (Å²) >= 11 is 2.41. The number of thiazole rings is 1. The number of ether oxygens (including phenoxy) is 3. The normalized spacial score (nSPS) is 20.0. The fourth-order valence-corrected chi connectivity index (χ4v) is 4.82. The number of oxime groups is 1. The molecular weight excluding hydrogens is 514 g/mol. The Hall–Kier alpha value is -3.33. The van der Waals surface area contributed by atoms with Crippen molar-refractivity contribution in [2.75, 3.05) is 24.7 Å². The summed E-state index contributed by atoms with van der Waals surface area (Å²) in [5.41, 5.74) is 6.04. The van der Waals surface area contributed by atoms with Gasteiger partial charge in [0.1, 0.15) is 23.7 Å². The van der Waals surface area contributed by atoms with Gasteiger partial charge >= 0.3 is 12.1 Å². The molecule has 36 heavy (non-hydrogen) atoms. The Morgan fingerprint density at radius 1 is 1.31 bits per heavy atom. The van der Waals surface area contributed by atoms with Gasteiger partial charge in [-0.15, -0.1) is 23.1 Å². The number of fused-ring (bicyclic) bond motifs is 1. The summed E-state index contributed by atoms with van der Waals surface area (Å²) in [5, 5.41) is 8.00. The molecule has 0 bridgehead atoms. The third-order valence-electron chi connectivity index (χ3n) is 4.67. The van der Waals surface area contributed by atoms with Crippen molar-refractivity contribution < 1.29 is 38.2 Å². The van der Waals surface area contributed by atoms with Gasteiger partial charge in [-0.2, -0.15) is 0 Å². The number of anilines is 1. The van der Waals surface area contributed by atoms with Crippen molar-refractivity contribution in [2.24, 2.45) is 11.1 Å². The molecule has 0 radical (unpaired) electrons. The first-order valence-electron chi connectivity index (χ1n) is 11.0. The summed E-state index contributed by atoms with van der Waals surface area (Å²) in [5.74, 6) is -1.39. The molecule has 1 aromatic rings. The number of amides is 2. The van der Waals surface area contributed by atoms with Gasteiger partial charge < -0.3 is 35.0 Å². The molecule has 2 unspecified atom stereocenters. The molecule has 3 N–H and O–H groups in total. The van der Waals surface area contributed by atoms with Crippen molar-refractivity contribution in [3.63, 3.8) is 0 Å². The maximum Gasteiger partial charge on any atom is 0.511 e. The van der Waals surface area contributed by atoms with Gasteiger partial charge in [-0.1, -0.05) is 19.0 Å². The predicted octanol–water partition coefficient (Wildman–Crippen LogP) is 1.45. The third-order valence-corrected chi connectivity index (χ3v) is 6.67. The lowest BCUT2D eigenvalue weighted by Gasteiger charge is -2.47. The Morgan fingerprint density at radius 2 is 2.06 bits per heavy atom. The van der Waals surface area contributed by atoms with E-state index in [1.165, 1.54) is 29.8 Å². The second-order valence-corrected chi connectivity index (χ2v) is 10.0. The Morgan fingerprint density at radius 3 is 2.69 bits per heavy atom. The number of β-lactam (4-membered cyclic amide) rings is 1. The van der Waals surface area contributed by atoms with E-state index >= 15 is 0 Å². The van der Waals surface area contributed by atoms with E-state index in [9.17, 15) is 19.2 Å². The maximum absolute atomic E-state index is 13.0. The van der Waals surface area contributed by atoms with Crippen molar-refractivity contribution in [2.45, 2.75) is 45.4 Å². The van der Waals surface area contributed by atoms with Crippen LogP contribution in [-0.4, -0.2) is 76.2 Å². The number of carbonyl (C=O) groups excluding carboxylic acids is 4. The number of nitrogens with two attached hydrogens (primary N) is 1. The minimum atomic E-state index is -1.17. The second-order valence-electron chi connectivity index (χ2n) is 8.03. The van der Waals surface area contributed by atoms with E-state index in [1.807, 2.05) is 13.8 Å². The molecule has 1 fully saturated rings. The molecule has 0 aromatic carbocycles. The van der Waals surface area contributed by atoms with Crippen LogP contribution in [0.3, 0.4) is 0 Å². The molecule has 3 atom stereocenters. The van der Waals surface area contributed by atoms with Gasteiger partial charge in [0, 0.05) is 24.3 Å². The van der Waals surface area contributed by atoms with E-state index in [0.29, 0.717) is 0 Å². The number of nitrogens with one attached hydrogen (secondary N) is 1. The van der Waals surface area contributed by atoms with Crippen LogP contribution in [0.15, 0.2) is 22.3 Å². The molecular formula is C21H27N5O8S2. The topological polar surface area (TPSA) is 172 Å². The first-order valence-corrected chi connectivity index (χ1v) is 12.9. The number of thioether (sulfide) groups is 1. The fourth-order valence-electron chi connectivity index (χ4n) is 3.02. The van der Waals surface area contributed by atoms with Crippen molar-refractivity contribution in [3.05, 3.63) is 22.8 Å². The van der Waals surface area contributed by atoms with Crippen LogP contribution < -0.4 is 11.1 Å². The molecule has 2 amide bonds. The number of aromatic nitrogens is 1. The minimum Gasteiger partial charge on any atom is -0.435 e. The lowest BCUT2D eigenvalue weighted by atomic mass is 10.1. The zero-order valence-electron chi connectivity index (χ0n) is 20.1. The lowest BCUT2D eigenvalue weighted by molar-refractivity contribution is -0.163. The number of hydrogen-bond acceptors (Lipinski definition) is 13. The Balaban J connectivity index is 1.61. The van der Waals surface area contributed by atoms with Gasteiger partial charge in [-0.25, -0.2) is 14.6 Å². The number of nitrogen functional groups attached to an aromatic ring is 1. The highest BCUT2D eigenvalue weighted by atomic mass is 32.2. The summed E-state index contributed by atoms with van der Waals surface area (Å²) in [4.78, 5) is 60.1. The average molecular weight is 542 g/mol. The highest BCUT2D eigenvalue weighted by Crippen LogP contribution is 2.36. The molecule has 3 rings (SSSR count).